The molecule has 1 aliphatic rings. The Morgan fingerprint density at radius 1 is 0.842 bits per heavy atom. The highest BCUT2D eigenvalue weighted by molar-refractivity contribution is 6.51. The van der Waals surface area contributed by atoms with Crippen LogP contribution in [0.3, 0.4) is 0 Å². The van der Waals surface area contributed by atoms with Crippen molar-refractivity contribution in [2.45, 2.75) is 12.2 Å². The summed E-state index contributed by atoms with van der Waals surface area (Å²) in [5.41, 5.74) is 0.846. The quantitative estimate of drug-likeness (QED) is 0.190. The molecular weight excluding hydrogens is 493 g/mol. The van der Waals surface area contributed by atoms with Gasteiger partial charge in [-0.15, -0.1) is 0 Å². The van der Waals surface area contributed by atoms with Crippen molar-refractivity contribution in [3.63, 3.8) is 0 Å². The number of carbonyl (C=O) groups is 2. The number of hydrogen-bond acceptors (Lipinski definition) is 4. The molecule has 38 heavy (non-hydrogen) atoms. The Hall–Kier alpha value is -4.59. The summed E-state index contributed by atoms with van der Waals surface area (Å²) < 4.78 is 39.5. The largest absolute Gasteiger partial charge is 0.507 e. The summed E-state index contributed by atoms with van der Waals surface area (Å²) in [5.74, 6) is -2.21. The van der Waals surface area contributed by atoms with Gasteiger partial charge in [-0.3, -0.25) is 14.5 Å². The Labute approximate surface area is 217 Å². The molecule has 5 rings (SSSR count). The van der Waals surface area contributed by atoms with Gasteiger partial charge in [0, 0.05) is 31.0 Å². The van der Waals surface area contributed by atoms with Crippen molar-refractivity contribution < 1.29 is 27.9 Å². The van der Waals surface area contributed by atoms with Crippen LogP contribution >= 0.6 is 0 Å². The maximum Gasteiger partial charge on any atom is 0.416 e. The number of carbonyl (C=O) groups excluding carboxylic acids is 2. The van der Waals surface area contributed by atoms with Crippen LogP contribution in [0.15, 0.2) is 96.6 Å². The van der Waals surface area contributed by atoms with Gasteiger partial charge in [0.05, 0.1) is 17.2 Å². The van der Waals surface area contributed by atoms with Gasteiger partial charge < -0.3 is 10.0 Å². The van der Waals surface area contributed by atoms with Crippen molar-refractivity contribution >= 4 is 39.6 Å². The topological polar surface area (TPSA) is 60.9 Å². The second-order valence-electron chi connectivity index (χ2n) is 9.26. The van der Waals surface area contributed by atoms with E-state index in [-0.39, 0.29) is 17.0 Å². The Balaban J connectivity index is 1.68. The highest BCUT2D eigenvalue weighted by Gasteiger charge is 2.47. The number of aliphatic hydroxyl groups excluding tert-OH is 1. The van der Waals surface area contributed by atoms with E-state index in [0.717, 1.165) is 45.6 Å². The van der Waals surface area contributed by atoms with Gasteiger partial charge in [0.2, 0.25) is 0 Å². The third kappa shape index (κ3) is 4.38. The second kappa shape index (κ2) is 9.37. The fourth-order valence-corrected chi connectivity index (χ4v) is 4.67. The SMILES string of the molecule is CN(C)c1ccc(C2/C(=C(/O)c3ccc4ccccc4c3)C(=O)C(=O)N2c2ccc(C(F)(F)F)cc2)cc1. The number of hydrogen-bond donors (Lipinski definition) is 1. The molecule has 1 N–H and O–H groups in total. The number of aliphatic hydroxyl groups is 1. The summed E-state index contributed by atoms with van der Waals surface area (Å²) >= 11 is 0. The lowest BCUT2D eigenvalue weighted by molar-refractivity contribution is -0.137. The number of ketones is 1. The van der Waals surface area contributed by atoms with Crippen molar-refractivity contribution in [1.82, 2.24) is 0 Å². The van der Waals surface area contributed by atoms with Crippen LogP contribution in [0.4, 0.5) is 24.5 Å². The molecule has 0 aliphatic carbocycles. The molecule has 1 fully saturated rings. The maximum absolute atomic E-state index is 13.4. The molecule has 0 bridgehead atoms. The average Bonchev–Trinajstić information content (AvgIpc) is 3.17. The van der Waals surface area contributed by atoms with Crippen LogP contribution in [0.25, 0.3) is 16.5 Å². The van der Waals surface area contributed by atoms with Crippen molar-refractivity contribution in [3.8, 4) is 0 Å². The first-order valence-electron chi connectivity index (χ1n) is 11.8. The Morgan fingerprint density at radius 2 is 1.47 bits per heavy atom. The van der Waals surface area contributed by atoms with Crippen molar-refractivity contribution in [2.24, 2.45) is 0 Å². The predicted octanol–water partition coefficient (Wildman–Crippen LogP) is 6.55. The number of amides is 1. The van der Waals surface area contributed by atoms with Gasteiger partial charge in [-0.05, 0) is 58.8 Å². The molecule has 0 spiro atoms. The lowest BCUT2D eigenvalue weighted by Crippen LogP contribution is -2.29. The number of halogens is 3. The Morgan fingerprint density at radius 3 is 2.08 bits per heavy atom. The fraction of sp³-hybridized carbons (Fsp3) is 0.133. The molecule has 1 heterocycles. The molecule has 192 valence electrons. The van der Waals surface area contributed by atoms with Gasteiger partial charge in [-0.25, -0.2) is 0 Å². The van der Waals surface area contributed by atoms with E-state index in [1.165, 1.54) is 0 Å². The summed E-state index contributed by atoms with van der Waals surface area (Å²) in [6.07, 6.45) is -4.55. The molecule has 8 heteroatoms. The molecule has 0 radical (unpaired) electrons. The molecule has 1 aliphatic heterocycles. The molecule has 1 unspecified atom stereocenters. The van der Waals surface area contributed by atoms with Gasteiger partial charge in [-0.1, -0.05) is 48.5 Å². The minimum atomic E-state index is -4.55. The standard InChI is InChI=1S/C30H23F3N2O3/c1-34(2)23-13-9-19(10-14-23)26-25(27(36)21-8-7-18-5-3-4-6-20(18)17-21)28(37)29(38)35(26)24-15-11-22(12-16-24)30(31,32)33/h3-17,26,36H,1-2H3/b27-25-. The summed E-state index contributed by atoms with van der Waals surface area (Å²) in [7, 11) is 3.73. The third-order valence-electron chi connectivity index (χ3n) is 6.67. The maximum atomic E-state index is 13.4. The minimum Gasteiger partial charge on any atom is -0.507 e. The number of Topliss-reactive ketones (excluding diaryl/α,β-unsaturated/α-hetero) is 1. The zero-order valence-corrected chi connectivity index (χ0v) is 20.5. The number of anilines is 2. The molecule has 5 nitrogen and oxygen atoms in total. The lowest BCUT2D eigenvalue weighted by atomic mass is 9.94. The van der Waals surface area contributed by atoms with E-state index in [0.29, 0.717) is 11.1 Å². The normalized spacial score (nSPS) is 17.3. The highest BCUT2D eigenvalue weighted by atomic mass is 19.4. The lowest BCUT2D eigenvalue weighted by Gasteiger charge is -2.26. The van der Waals surface area contributed by atoms with Crippen molar-refractivity contribution in [1.29, 1.82) is 0 Å². The molecule has 0 saturated carbocycles. The first-order valence-corrected chi connectivity index (χ1v) is 11.8. The number of alkyl halides is 3. The van der Waals surface area contributed by atoms with Crippen LogP contribution in [0.1, 0.15) is 22.7 Å². The summed E-state index contributed by atoms with van der Waals surface area (Å²) in [4.78, 5) is 29.7. The number of rotatable bonds is 4. The first-order chi connectivity index (χ1) is 18.1. The molecule has 1 saturated heterocycles. The smallest absolute Gasteiger partial charge is 0.416 e. The van der Waals surface area contributed by atoms with E-state index in [2.05, 4.69) is 0 Å². The summed E-state index contributed by atoms with van der Waals surface area (Å²) in [5, 5.41) is 13.1. The van der Waals surface area contributed by atoms with Crippen molar-refractivity contribution in [2.75, 3.05) is 23.9 Å². The molecule has 4 aromatic rings. The van der Waals surface area contributed by atoms with Crippen LogP contribution in [0.5, 0.6) is 0 Å². The zero-order valence-electron chi connectivity index (χ0n) is 20.5. The molecule has 1 atom stereocenters. The minimum absolute atomic E-state index is 0.111. The Kier molecular flexibility index (Phi) is 6.18. The Bertz CT molecular complexity index is 1570. The van der Waals surface area contributed by atoms with Crippen LogP contribution < -0.4 is 9.80 Å². The molecule has 1 amide bonds. The number of benzene rings is 4. The van der Waals surface area contributed by atoms with Gasteiger partial charge in [0.1, 0.15) is 5.76 Å². The fourth-order valence-electron chi connectivity index (χ4n) is 4.67. The van der Waals surface area contributed by atoms with Gasteiger partial charge >= 0.3 is 6.18 Å². The second-order valence-corrected chi connectivity index (χ2v) is 9.26. The summed E-state index contributed by atoms with van der Waals surface area (Å²) in [6.45, 7) is 0. The van der Waals surface area contributed by atoms with Crippen molar-refractivity contribution in [3.05, 3.63) is 113 Å². The number of nitrogens with zero attached hydrogens (tertiary/aromatic N) is 2. The monoisotopic (exact) mass is 516 g/mol. The zero-order chi connectivity index (χ0) is 27.2. The summed E-state index contributed by atoms with van der Waals surface area (Å²) in [6, 6.07) is 22.8. The number of fused-ring (bicyclic) bond motifs is 1. The van der Waals surface area contributed by atoms with Crippen LogP contribution in [0, 0.1) is 0 Å². The van der Waals surface area contributed by atoms with E-state index in [1.54, 1.807) is 42.5 Å². The van der Waals surface area contributed by atoms with E-state index >= 15 is 0 Å². The van der Waals surface area contributed by atoms with Gasteiger partial charge in [0.15, 0.2) is 0 Å². The van der Waals surface area contributed by atoms with Crippen LogP contribution in [0.2, 0.25) is 0 Å². The molecule has 4 aromatic carbocycles. The van der Waals surface area contributed by atoms with E-state index in [1.807, 2.05) is 43.3 Å². The highest BCUT2D eigenvalue weighted by Crippen LogP contribution is 2.43. The first kappa shape index (κ1) is 25.1. The van der Waals surface area contributed by atoms with E-state index in [9.17, 15) is 27.9 Å². The predicted molar refractivity (Wildman–Crippen MR) is 141 cm³/mol. The molecule has 0 aromatic heterocycles. The van der Waals surface area contributed by atoms with Crippen LogP contribution in [-0.2, 0) is 15.8 Å². The van der Waals surface area contributed by atoms with E-state index in [4.69, 9.17) is 0 Å². The third-order valence-corrected chi connectivity index (χ3v) is 6.67. The molecular formula is C30H23F3N2O3. The van der Waals surface area contributed by atoms with E-state index < -0.39 is 29.5 Å². The van der Waals surface area contributed by atoms with Gasteiger partial charge in [-0.2, -0.15) is 13.2 Å². The average molecular weight is 517 g/mol. The van der Waals surface area contributed by atoms with Gasteiger partial charge in [0.25, 0.3) is 11.7 Å². The van der Waals surface area contributed by atoms with Crippen LogP contribution in [-0.4, -0.2) is 30.9 Å².